The zero-order valence-electron chi connectivity index (χ0n) is 15.9. The predicted molar refractivity (Wildman–Crippen MR) is 113 cm³/mol. The third kappa shape index (κ3) is 3.90. The van der Waals surface area contributed by atoms with Gasteiger partial charge in [-0.05, 0) is 54.1 Å². The zero-order valence-corrected chi connectivity index (χ0v) is 16.7. The Morgan fingerprint density at radius 2 is 1.80 bits per heavy atom. The van der Waals surface area contributed by atoms with Gasteiger partial charge in [-0.25, -0.2) is 0 Å². The van der Waals surface area contributed by atoms with Crippen molar-refractivity contribution in [3.63, 3.8) is 0 Å². The molecule has 0 bridgehead atoms. The van der Waals surface area contributed by atoms with Gasteiger partial charge in [-0.2, -0.15) is 0 Å². The average molecular weight is 420 g/mol. The van der Waals surface area contributed by atoms with Crippen LogP contribution in [0.3, 0.4) is 0 Å². The molecular formula is C22H16N2O5S. The minimum atomic E-state index is -0.468. The van der Waals surface area contributed by atoms with E-state index in [4.69, 9.17) is 4.42 Å². The molecule has 1 aliphatic heterocycles. The third-order valence-corrected chi connectivity index (χ3v) is 5.63. The monoisotopic (exact) mass is 420 g/mol. The number of hydrogen-bond acceptors (Lipinski definition) is 6. The molecule has 1 fully saturated rings. The number of carbonyl (C=O) groups is 2. The molecule has 0 atom stereocenters. The lowest BCUT2D eigenvalue weighted by atomic mass is 10.1. The van der Waals surface area contributed by atoms with Crippen LogP contribution in [0, 0.1) is 17.0 Å². The minimum Gasteiger partial charge on any atom is -0.457 e. The van der Waals surface area contributed by atoms with Crippen LogP contribution in [0.4, 0.5) is 10.5 Å². The molecule has 150 valence electrons. The summed E-state index contributed by atoms with van der Waals surface area (Å²) in [4.78, 5) is 36.9. The van der Waals surface area contributed by atoms with Gasteiger partial charge in [-0.15, -0.1) is 0 Å². The van der Waals surface area contributed by atoms with E-state index in [-0.39, 0.29) is 28.3 Å². The number of imide groups is 1. The van der Waals surface area contributed by atoms with Crippen LogP contribution in [0.25, 0.3) is 17.4 Å². The summed E-state index contributed by atoms with van der Waals surface area (Å²) in [7, 11) is 0. The average Bonchev–Trinajstić information content (AvgIpc) is 3.30. The van der Waals surface area contributed by atoms with Gasteiger partial charge < -0.3 is 4.42 Å². The molecule has 0 spiro atoms. The van der Waals surface area contributed by atoms with Crippen LogP contribution < -0.4 is 0 Å². The Balaban J connectivity index is 1.53. The lowest BCUT2D eigenvalue weighted by Gasteiger charge is -2.14. The lowest BCUT2D eigenvalue weighted by molar-refractivity contribution is -0.384. The smallest absolute Gasteiger partial charge is 0.293 e. The summed E-state index contributed by atoms with van der Waals surface area (Å²) in [6.45, 7) is 2.16. The van der Waals surface area contributed by atoms with Crippen molar-refractivity contribution in [2.24, 2.45) is 0 Å². The number of rotatable bonds is 5. The Bertz CT molecular complexity index is 1180. The Hall–Kier alpha value is -3.65. The Kier molecular flexibility index (Phi) is 5.24. The highest BCUT2D eigenvalue weighted by molar-refractivity contribution is 8.18. The Morgan fingerprint density at radius 1 is 1.07 bits per heavy atom. The number of amides is 2. The first-order valence-corrected chi connectivity index (χ1v) is 9.88. The number of carbonyl (C=O) groups excluding carboxylic acids is 2. The number of non-ortho nitro benzene ring substituents is 1. The molecule has 0 saturated carbocycles. The first-order valence-electron chi connectivity index (χ1n) is 9.07. The van der Waals surface area contributed by atoms with Crippen molar-refractivity contribution in [1.82, 2.24) is 4.90 Å². The van der Waals surface area contributed by atoms with Gasteiger partial charge in [0.15, 0.2) is 0 Å². The molecule has 3 aromatic rings. The largest absolute Gasteiger partial charge is 0.457 e. The van der Waals surface area contributed by atoms with Crippen molar-refractivity contribution in [2.45, 2.75) is 13.5 Å². The summed E-state index contributed by atoms with van der Waals surface area (Å²) < 4.78 is 5.75. The quantitative estimate of drug-likeness (QED) is 0.312. The van der Waals surface area contributed by atoms with Crippen LogP contribution in [0.15, 0.2) is 70.0 Å². The second kappa shape index (κ2) is 8.00. The van der Waals surface area contributed by atoms with Crippen molar-refractivity contribution in [3.8, 4) is 11.3 Å². The topological polar surface area (TPSA) is 93.7 Å². The van der Waals surface area contributed by atoms with Crippen LogP contribution in [0.1, 0.15) is 16.9 Å². The number of nitro benzene ring substituents is 1. The van der Waals surface area contributed by atoms with Gasteiger partial charge in [0.25, 0.3) is 16.8 Å². The number of hydrogen-bond donors (Lipinski definition) is 0. The van der Waals surface area contributed by atoms with Crippen LogP contribution in [-0.2, 0) is 11.3 Å². The zero-order chi connectivity index (χ0) is 21.3. The molecule has 2 amide bonds. The van der Waals surface area contributed by atoms with Crippen molar-refractivity contribution >= 4 is 34.7 Å². The summed E-state index contributed by atoms with van der Waals surface area (Å²) >= 11 is 0.876. The normalized spacial score (nSPS) is 15.2. The fourth-order valence-corrected chi connectivity index (χ4v) is 3.87. The van der Waals surface area contributed by atoms with Gasteiger partial charge in [0, 0.05) is 23.8 Å². The molecule has 30 heavy (non-hydrogen) atoms. The van der Waals surface area contributed by atoms with E-state index < -0.39 is 4.92 Å². The van der Waals surface area contributed by atoms with Gasteiger partial charge in [0.2, 0.25) is 0 Å². The van der Waals surface area contributed by atoms with Gasteiger partial charge >= 0.3 is 0 Å². The molecule has 7 nitrogen and oxygen atoms in total. The van der Waals surface area contributed by atoms with Crippen molar-refractivity contribution in [2.75, 3.05) is 0 Å². The maximum Gasteiger partial charge on any atom is 0.293 e. The van der Waals surface area contributed by atoms with E-state index in [0.29, 0.717) is 17.1 Å². The second-order valence-corrected chi connectivity index (χ2v) is 7.69. The first-order chi connectivity index (χ1) is 14.4. The van der Waals surface area contributed by atoms with E-state index >= 15 is 0 Å². The number of furan rings is 1. The fourth-order valence-electron chi connectivity index (χ4n) is 3.06. The Labute approximate surface area is 176 Å². The molecule has 2 heterocycles. The van der Waals surface area contributed by atoms with Crippen LogP contribution >= 0.6 is 11.8 Å². The molecule has 8 heteroatoms. The van der Waals surface area contributed by atoms with Crippen molar-refractivity contribution < 1.29 is 18.9 Å². The second-order valence-electron chi connectivity index (χ2n) is 6.70. The highest BCUT2D eigenvalue weighted by Crippen LogP contribution is 2.34. The van der Waals surface area contributed by atoms with E-state index in [2.05, 4.69) is 0 Å². The summed E-state index contributed by atoms with van der Waals surface area (Å²) in [5.41, 5.74) is 2.60. The van der Waals surface area contributed by atoms with Crippen LogP contribution in [-0.4, -0.2) is 21.0 Å². The molecule has 0 N–H and O–H groups in total. The maximum absolute atomic E-state index is 12.7. The lowest BCUT2D eigenvalue weighted by Crippen LogP contribution is -2.27. The molecule has 0 radical (unpaired) electrons. The summed E-state index contributed by atoms with van der Waals surface area (Å²) in [5, 5.41) is 10.5. The van der Waals surface area contributed by atoms with E-state index in [1.54, 1.807) is 24.3 Å². The summed E-state index contributed by atoms with van der Waals surface area (Å²) in [6, 6.07) is 17.0. The fraction of sp³-hybridized carbons (Fsp3) is 0.0909. The SMILES string of the molecule is Cc1ccccc1CN1C(=O)S/C(=C\c2ccc(-c3ccc([N+](=O)[O-])cc3)o2)C1=O. The van der Waals surface area contributed by atoms with Gasteiger partial charge in [0.05, 0.1) is 16.4 Å². The molecular weight excluding hydrogens is 404 g/mol. The highest BCUT2D eigenvalue weighted by Gasteiger charge is 2.35. The number of nitro groups is 1. The van der Waals surface area contributed by atoms with Gasteiger partial charge in [-0.3, -0.25) is 24.6 Å². The van der Waals surface area contributed by atoms with E-state index in [1.165, 1.54) is 23.1 Å². The van der Waals surface area contributed by atoms with E-state index in [0.717, 1.165) is 22.9 Å². The maximum atomic E-state index is 12.7. The van der Waals surface area contributed by atoms with Crippen molar-refractivity contribution in [3.05, 3.63) is 92.6 Å². The highest BCUT2D eigenvalue weighted by atomic mass is 32.2. The Morgan fingerprint density at radius 3 is 2.50 bits per heavy atom. The summed E-state index contributed by atoms with van der Waals surface area (Å²) in [5.74, 6) is 0.571. The first kappa shape index (κ1) is 19.7. The van der Waals surface area contributed by atoms with Crippen LogP contribution in [0.5, 0.6) is 0 Å². The molecule has 0 aliphatic carbocycles. The third-order valence-electron chi connectivity index (χ3n) is 4.73. The van der Waals surface area contributed by atoms with Crippen molar-refractivity contribution in [1.29, 1.82) is 0 Å². The molecule has 0 unspecified atom stereocenters. The van der Waals surface area contributed by atoms with Crippen LogP contribution in [0.2, 0.25) is 0 Å². The van der Waals surface area contributed by atoms with Gasteiger partial charge in [0.1, 0.15) is 11.5 Å². The molecule has 1 aliphatic rings. The number of nitrogens with zero attached hydrogens (tertiary/aromatic N) is 2. The van der Waals surface area contributed by atoms with E-state index in [1.807, 2.05) is 31.2 Å². The number of aryl methyl sites for hydroxylation is 1. The summed E-state index contributed by atoms with van der Waals surface area (Å²) in [6.07, 6.45) is 1.54. The van der Waals surface area contributed by atoms with E-state index in [9.17, 15) is 19.7 Å². The molecule has 1 aromatic heterocycles. The molecule has 4 rings (SSSR count). The minimum absolute atomic E-state index is 0.00661. The molecule has 1 saturated heterocycles. The predicted octanol–water partition coefficient (Wildman–Crippen LogP) is 5.40. The number of benzene rings is 2. The van der Waals surface area contributed by atoms with Gasteiger partial charge in [-0.1, -0.05) is 24.3 Å². The standard InChI is InChI=1S/C22H16N2O5S/c1-14-4-2-3-5-16(14)13-23-21(25)20(30-22(23)26)12-18-10-11-19(29-18)15-6-8-17(9-7-15)24(27)28/h2-12H,13H2,1H3/b20-12-. The molecule has 2 aromatic carbocycles. The number of thioether (sulfide) groups is 1.